The second kappa shape index (κ2) is 6.01. The minimum Gasteiger partial charge on any atom is -0.497 e. The molecule has 7 heteroatoms. The first kappa shape index (κ1) is 15.1. The second-order valence-electron chi connectivity index (χ2n) is 4.33. The summed E-state index contributed by atoms with van der Waals surface area (Å²) in [7, 11) is -0.688. The van der Waals surface area contributed by atoms with Gasteiger partial charge in [0.15, 0.2) is 9.84 Å². The summed E-state index contributed by atoms with van der Waals surface area (Å²) in [6.45, 7) is 0. The fourth-order valence-electron chi connectivity index (χ4n) is 1.84. The highest BCUT2D eigenvalue weighted by atomic mass is 32.2. The van der Waals surface area contributed by atoms with Gasteiger partial charge in [-0.3, -0.25) is 0 Å². The molecule has 0 fully saturated rings. The standard InChI is InChI=1S/C14H16N2O4S/c1-19-11-6-7-12(15)13(8-11)21(17,18)9-10-4-3-5-14(16-10)20-2/h3-8H,9,15H2,1-2H3. The van der Waals surface area contributed by atoms with Crippen LogP contribution in [-0.2, 0) is 15.6 Å². The predicted molar refractivity (Wildman–Crippen MR) is 79.1 cm³/mol. The lowest BCUT2D eigenvalue weighted by molar-refractivity contribution is 0.396. The number of benzene rings is 1. The highest BCUT2D eigenvalue weighted by molar-refractivity contribution is 7.90. The summed E-state index contributed by atoms with van der Waals surface area (Å²) in [6.07, 6.45) is 0. The van der Waals surface area contributed by atoms with Gasteiger partial charge in [-0.2, -0.15) is 0 Å². The molecule has 0 bridgehead atoms. The Labute approximate surface area is 123 Å². The molecule has 112 valence electrons. The maximum Gasteiger partial charge on any atom is 0.213 e. The van der Waals surface area contributed by atoms with E-state index >= 15 is 0 Å². The molecule has 0 saturated carbocycles. The van der Waals surface area contributed by atoms with Crippen LogP contribution in [0.15, 0.2) is 41.3 Å². The minimum absolute atomic E-state index is 0.0338. The van der Waals surface area contributed by atoms with Gasteiger partial charge in [-0.25, -0.2) is 13.4 Å². The number of nitrogens with two attached hydrogens (primary N) is 1. The summed E-state index contributed by atoms with van der Waals surface area (Å²) in [5, 5.41) is 0. The third-order valence-electron chi connectivity index (χ3n) is 2.88. The van der Waals surface area contributed by atoms with Crippen molar-refractivity contribution in [3.63, 3.8) is 0 Å². The molecule has 0 unspecified atom stereocenters. The molecule has 0 spiro atoms. The molecule has 2 rings (SSSR count). The maximum atomic E-state index is 12.5. The van der Waals surface area contributed by atoms with Gasteiger partial charge in [-0.1, -0.05) is 6.07 Å². The molecule has 0 aliphatic heterocycles. The van der Waals surface area contributed by atoms with Gasteiger partial charge in [-0.15, -0.1) is 0 Å². The van der Waals surface area contributed by atoms with E-state index in [1.54, 1.807) is 24.3 Å². The Morgan fingerprint density at radius 1 is 1.14 bits per heavy atom. The average molecular weight is 308 g/mol. The fraction of sp³-hybridized carbons (Fsp3) is 0.214. The molecule has 0 radical (unpaired) electrons. The van der Waals surface area contributed by atoms with E-state index in [0.29, 0.717) is 17.3 Å². The number of anilines is 1. The van der Waals surface area contributed by atoms with Gasteiger partial charge < -0.3 is 15.2 Å². The number of pyridine rings is 1. The predicted octanol–water partition coefficient (Wildman–Crippen LogP) is 1.65. The van der Waals surface area contributed by atoms with Crippen molar-refractivity contribution in [3.05, 3.63) is 42.1 Å². The Morgan fingerprint density at radius 2 is 1.90 bits per heavy atom. The molecule has 1 heterocycles. The number of hydrogen-bond acceptors (Lipinski definition) is 6. The van der Waals surface area contributed by atoms with Crippen LogP contribution in [0, 0.1) is 0 Å². The summed E-state index contributed by atoms with van der Waals surface area (Å²) < 4.78 is 35.0. The van der Waals surface area contributed by atoms with Gasteiger partial charge in [0.2, 0.25) is 5.88 Å². The minimum atomic E-state index is -3.62. The van der Waals surface area contributed by atoms with Crippen LogP contribution in [0.25, 0.3) is 0 Å². The molecule has 0 atom stereocenters. The van der Waals surface area contributed by atoms with Crippen molar-refractivity contribution in [1.82, 2.24) is 4.98 Å². The zero-order valence-electron chi connectivity index (χ0n) is 11.7. The van der Waals surface area contributed by atoms with Crippen molar-refractivity contribution in [2.75, 3.05) is 20.0 Å². The number of aromatic nitrogens is 1. The SMILES string of the molecule is COc1ccc(N)c(S(=O)(=O)Cc2cccc(OC)n2)c1. The molecule has 1 aromatic carbocycles. The molecule has 1 aromatic heterocycles. The van der Waals surface area contributed by atoms with Crippen LogP contribution in [0.1, 0.15) is 5.69 Å². The van der Waals surface area contributed by atoms with Gasteiger partial charge in [0.1, 0.15) is 5.75 Å². The van der Waals surface area contributed by atoms with Gasteiger partial charge in [0.05, 0.1) is 36.2 Å². The summed E-state index contributed by atoms with van der Waals surface area (Å²) >= 11 is 0. The number of sulfone groups is 1. The van der Waals surface area contributed by atoms with E-state index in [2.05, 4.69) is 4.98 Å². The van der Waals surface area contributed by atoms with Crippen LogP contribution in [0.5, 0.6) is 11.6 Å². The zero-order valence-corrected chi connectivity index (χ0v) is 12.6. The number of nitrogens with zero attached hydrogens (tertiary/aromatic N) is 1. The van der Waals surface area contributed by atoms with E-state index in [1.807, 2.05) is 0 Å². The molecular formula is C14H16N2O4S. The summed E-state index contributed by atoms with van der Waals surface area (Å²) in [5.74, 6) is 0.532. The molecule has 0 aliphatic rings. The highest BCUT2D eigenvalue weighted by Gasteiger charge is 2.20. The molecule has 2 N–H and O–H groups in total. The van der Waals surface area contributed by atoms with Crippen LogP contribution in [0.3, 0.4) is 0 Å². The molecular weight excluding hydrogens is 292 g/mol. The van der Waals surface area contributed by atoms with Gasteiger partial charge in [0.25, 0.3) is 0 Å². The Hall–Kier alpha value is -2.28. The maximum absolute atomic E-state index is 12.5. The van der Waals surface area contributed by atoms with Crippen LogP contribution in [0.2, 0.25) is 0 Å². The number of rotatable bonds is 5. The molecule has 0 aliphatic carbocycles. The van der Waals surface area contributed by atoms with E-state index in [1.165, 1.54) is 26.4 Å². The van der Waals surface area contributed by atoms with Crippen molar-refractivity contribution < 1.29 is 17.9 Å². The largest absolute Gasteiger partial charge is 0.497 e. The van der Waals surface area contributed by atoms with Crippen LogP contribution in [0.4, 0.5) is 5.69 Å². The molecule has 2 aromatic rings. The normalized spacial score (nSPS) is 11.1. The molecule has 0 amide bonds. The number of methoxy groups -OCH3 is 2. The van der Waals surface area contributed by atoms with E-state index in [9.17, 15) is 8.42 Å². The first-order chi connectivity index (χ1) is 9.96. The fourth-order valence-corrected chi connectivity index (χ4v) is 3.26. The summed E-state index contributed by atoms with van der Waals surface area (Å²) in [5.41, 5.74) is 6.33. The van der Waals surface area contributed by atoms with Crippen molar-refractivity contribution in [1.29, 1.82) is 0 Å². The lowest BCUT2D eigenvalue weighted by Crippen LogP contribution is -2.09. The Bertz CT molecular complexity index is 744. The second-order valence-corrected chi connectivity index (χ2v) is 6.29. The van der Waals surface area contributed by atoms with Crippen LogP contribution >= 0.6 is 0 Å². The number of nitrogen functional groups attached to an aromatic ring is 1. The topological polar surface area (TPSA) is 91.5 Å². The molecule has 6 nitrogen and oxygen atoms in total. The van der Waals surface area contributed by atoms with Crippen molar-refractivity contribution in [2.45, 2.75) is 10.6 Å². The number of ether oxygens (including phenoxy) is 2. The lowest BCUT2D eigenvalue weighted by atomic mass is 10.3. The molecule has 0 saturated heterocycles. The van der Waals surface area contributed by atoms with E-state index in [-0.39, 0.29) is 16.3 Å². The van der Waals surface area contributed by atoms with Crippen molar-refractivity contribution in [3.8, 4) is 11.6 Å². The van der Waals surface area contributed by atoms with E-state index < -0.39 is 9.84 Å². The molecule has 21 heavy (non-hydrogen) atoms. The first-order valence-electron chi connectivity index (χ1n) is 6.12. The Balaban J connectivity index is 2.38. The highest BCUT2D eigenvalue weighted by Crippen LogP contribution is 2.26. The van der Waals surface area contributed by atoms with Crippen molar-refractivity contribution >= 4 is 15.5 Å². The zero-order chi connectivity index (χ0) is 15.5. The van der Waals surface area contributed by atoms with Gasteiger partial charge in [-0.05, 0) is 18.2 Å². The monoisotopic (exact) mass is 308 g/mol. The lowest BCUT2D eigenvalue weighted by Gasteiger charge is -2.09. The Morgan fingerprint density at radius 3 is 2.57 bits per heavy atom. The van der Waals surface area contributed by atoms with Gasteiger partial charge in [0, 0.05) is 12.1 Å². The quantitative estimate of drug-likeness (QED) is 0.845. The van der Waals surface area contributed by atoms with E-state index in [0.717, 1.165) is 0 Å². The smallest absolute Gasteiger partial charge is 0.213 e. The van der Waals surface area contributed by atoms with Crippen molar-refractivity contribution in [2.24, 2.45) is 0 Å². The van der Waals surface area contributed by atoms with E-state index in [4.69, 9.17) is 15.2 Å². The number of hydrogen-bond donors (Lipinski definition) is 1. The van der Waals surface area contributed by atoms with Gasteiger partial charge >= 0.3 is 0 Å². The third kappa shape index (κ3) is 3.43. The third-order valence-corrected chi connectivity index (χ3v) is 4.58. The van der Waals surface area contributed by atoms with Crippen LogP contribution in [-0.4, -0.2) is 27.6 Å². The van der Waals surface area contributed by atoms with Crippen LogP contribution < -0.4 is 15.2 Å². The summed E-state index contributed by atoms with van der Waals surface area (Å²) in [6, 6.07) is 9.48. The summed E-state index contributed by atoms with van der Waals surface area (Å²) in [4.78, 5) is 4.13. The average Bonchev–Trinajstić information content (AvgIpc) is 2.47. The first-order valence-corrected chi connectivity index (χ1v) is 7.77. The Kier molecular flexibility index (Phi) is 4.32.